The molecule has 0 bridgehead atoms. The Labute approximate surface area is 182 Å². The number of rotatable bonds is 3. The third-order valence-electron chi connectivity index (χ3n) is 5.01. The average Bonchev–Trinajstić information content (AvgIpc) is 3.23. The smallest absolute Gasteiger partial charge is 0.135 e. The molecule has 3 aromatic carbocycles. The summed E-state index contributed by atoms with van der Waals surface area (Å²) in [5.41, 5.74) is 3.43. The highest BCUT2D eigenvalue weighted by molar-refractivity contribution is 7.19. The number of benzene rings is 3. The van der Waals surface area contributed by atoms with Gasteiger partial charge in [0.1, 0.15) is 34.1 Å². The van der Waals surface area contributed by atoms with Gasteiger partial charge in [-0.25, -0.2) is 4.98 Å². The topological polar surface area (TPSA) is 75.4 Å². The molecule has 0 saturated carbocycles. The number of fused-ring (bicyclic) bond motifs is 2. The first-order valence-corrected chi connectivity index (χ1v) is 10.4. The lowest BCUT2D eigenvalue weighted by atomic mass is 9.95. The molecule has 0 aliphatic carbocycles. The molecule has 0 radical (unpaired) electrons. The number of aromatic nitrogens is 1. The molecule has 1 aliphatic heterocycles. The Balaban J connectivity index is 1.73. The second-order valence-corrected chi connectivity index (χ2v) is 7.94. The van der Waals surface area contributed by atoms with Gasteiger partial charge in [-0.1, -0.05) is 12.1 Å². The third-order valence-corrected chi connectivity index (χ3v) is 6.07. The predicted molar refractivity (Wildman–Crippen MR) is 122 cm³/mol. The number of hydrogen-bond acceptors (Lipinski definition) is 6. The summed E-state index contributed by atoms with van der Waals surface area (Å²) >= 11 is 1.46. The fraction of sp³-hybridized carbons (Fsp3) is 0.0400. The number of methoxy groups -OCH3 is 1. The van der Waals surface area contributed by atoms with Gasteiger partial charge >= 0.3 is 0 Å². The molecule has 4 aromatic rings. The summed E-state index contributed by atoms with van der Waals surface area (Å²) < 4.78 is 12.4. The molecular formula is C25H16N2O3S. The number of allylic oxidation sites excluding steroid dienone is 3. The zero-order valence-electron chi connectivity index (χ0n) is 16.5. The number of para-hydroxylation sites is 1. The number of phenols is 1. The number of thiazole rings is 1. The SMILES string of the molecule is COc1ccc(C2=C/C(=C(/C#N)c3nc4ccccc4s3)c3cc(O)ccc3O2)cc1. The Morgan fingerprint density at radius 1 is 1.10 bits per heavy atom. The van der Waals surface area contributed by atoms with Gasteiger partial charge in [0.15, 0.2) is 0 Å². The molecule has 1 aliphatic rings. The molecule has 6 heteroatoms. The van der Waals surface area contributed by atoms with Crippen molar-refractivity contribution in [1.29, 1.82) is 5.26 Å². The summed E-state index contributed by atoms with van der Waals surface area (Å²) in [5.74, 6) is 2.01. The second-order valence-electron chi connectivity index (χ2n) is 6.91. The van der Waals surface area contributed by atoms with Gasteiger partial charge in [0.25, 0.3) is 0 Å². The minimum Gasteiger partial charge on any atom is -0.508 e. The largest absolute Gasteiger partial charge is 0.508 e. The molecule has 150 valence electrons. The minimum absolute atomic E-state index is 0.0998. The van der Waals surface area contributed by atoms with Gasteiger partial charge in [0.2, 0.25) is 0 Å². The van der Waals surface area contributed by atoms with E-state index < -0.39 is 0 Å². The number of aromatic hydroxyl groups is 1. The van der Waals surface area contributed by atoms with Gasteiger partial charge in [-0.05, 0) is 60.7 Å². The third kappa shape index (κ3) is 3.41. The van der Waals surface area contributed by atoms with Crippen molar-refractivity contribution >= 4 is 38.5 Å². The summed E-state index contributed by atoms with van der Waals surface area (Å²) in [4.78, 5) is 4.66. The first kappa shape index (κ1) is 18.9. The lowest BCUT2D eigenvalue weighted by Crippen LogP contribution is -2.05. The molecule has 0 fully saturated rings. The van der Waals surface area contributed by atoms with Gasteiger partial charge in [-0.2, -0.15) is 5.26 Å². The summed E-state index contributed by atoms with van der Waals surface area (Å²) in [5, 5.41) is 20.8. The van der Waals surface area contributed by atoms with Crippen LogP contribution in [-0.2, 0) is 0 Å². The van der Waals surface area contributed by atoms with Crippen LogP contribution < -0.4 is 9.47 Å². The Morgan fingerprint density at radius 3 is 2.65 bits per heavy atom. The summed E-state index contributed by atoms with van der Waals surface area (Å²) in [6, 6.07) is 22.5. The van der Waals surface area contributed by atoms with Crippen molar-refractivity contribution in [3.8, 4) is 23.3 Å². The van der Waals surface area contributed by atoms with Crippen LogP contribution in [0.3, 0.4) is 0 Å². The van der Waals surface area contributed by atoms with E-state index >= 15 is 0 Å². The molecule has 0 amide bonds. The molecule has 5 rings (SSSR count). The van der Waals surface area contributed by atoms with Crippen molar-refractivity contribution < 1.29 is 14.6 Å². The first-order valence-electron chi connectivity index (χ1n) is 9.54. The van der Waals surface area contributed by atoms with Crippen molar-refractivity contribution in [2.75, 3.05) is 7.11 Å². The number of nitrogens with zero attached hydrogens (tertiary/aromatic N) is 2. The maximum Gasteiger partial charge on any atom is 0.135 e. The van der Waals surface area contributed by atoms with E-state index in [0.717, 1.165) is 21.5 Å². The molecule has 0 unspecified atom stereocenters. The van der Waals surface area contributed by atoms with Gasteiger partial charge in [-0.3, -0.25) is 0 Å². The fourth-order valence-electron chi connectivity index (χ4n) is 3.48. The highest BCUT2D eigenvalue weighted by Crippen LogP contribution is 2.43. The molecule has 1 N–H and O–H groups in total. The molecule has 0 saturated heterocycles. The van der Waals surface area contributed by atoms with E-state index in [2.05, 4.69) is 11.1 Å². The maximum absolute atomic E-state index is 10.1. The normalized spacial score (nSPS) is 14.3. The van der Waals surface area contributed by atoms with Gasteiger partial charge in [0.05, 0.1) is 22.9 Å². The predicted octanol–water partition coefficient (Wildman–Crippen LogP) is 5.88. The first-order chi connectivity index (χ1) is 15.2. The lowest BCUT2D eigenvalue weighted by molar-refractivity contribution is 0.414. The Hall–Kier alpha value is -4.08. The van der Waals surface area contributed by atoms with Crippen LogP contribution in [-0.4, -0.2) is 17.2 Å². The van der Waals surface area contributed by atoms with Crippen LogP contribution in [0.2, 0.25) is 0 Å². The quantitative estimate of drug-likeness (QED) is 0.416. The number of phenolic OH excluding ortho intramolecular Hbond substituents is 1. The molecular weight excluding hydrogens is 408 g/mol. The Bertz CT molecular complexity index is 1380. The van der Waals surface area contributed by atoms with Crippen LogP contribution in [0.15, 0.2) is 72.8 Å². The molecule has 31 heavy (non-hydrogen) atoms. The van der Waals surface area contributed by atoms with E-state index in [1.807, 2.05) is 54.6 Å². The highest BCUT2D eigenvalue weighted by atomic mass is 32.1. The van der Waals surface area contributed by atoms with Gasteiger partial charge < -0.3 is 14.6 Å². The number of hydrogen-bond donors (Lipinski definition) is 1. The van der Waals surface area contributed by atoms with E-state index in [0.29, 0.717) is 33.2 Å². The minimum atomic E-state index is 0.0998. The fourth-order valence-corrected chi connectivity index (χ4v) is 4.46. The van der Waals surface area contributed by atoms with Gasteiger partial charge in [-0.15, -0.1) is 11.3 Å². The molecule has 0 spiro atoms. The zero-order valence-corrected chi connectivity index (χ0v) is 17.3. The maximum atomic E-state index is 10.1. The summed E-state index contributed by atoms with van der Waals surface area (Å²) in [6.07, 6.45) is 1.83. The van der Waals surface area contributed by atoms with Crippen LogP contribution in [0, 0.1) is 11.3 Å². The highest BCUT2D eigenvalue weighted by Gasteiger charge is 2.24. The summed E-state index contributed by atoms with van der Waals surface area (Å²) in [6.45, 7) is 0. The van der Waals surface area contributed by atoms with E-state index in [4.69, 9.17) is 9.47 Å². The van der Waals surface area contributed by atoms with Crippen LogP contribution in [0.1, 0.15) is 16.1 Å². The second kappa shape index (κ2) is 7.63. The van der Waals surface area contributed by atoms with E-state index in [1.165, 1.54) is 11.3 Å². The van der Waals surface area contributed by atoms with Crippen LogP contribution >= 0.6 is 11.3 Å². The Morgan fingerprint density at radius 2 is 1.90 bits per heavy atom. The average molecular weight is 424 g/mol. The van der Waals surface area contributed by atoms with Crippen molar-refractivity contribution in [2.45, 2.75) is 0 Å². The van der Waals surface area contributed by atoms with Gasteiger partial charge in [0, 0.05) is 16.7 Å². The van der Waals surface area contributed by atoms with Crippen LogP contribution in [0.4, 0.5) is 0 Å². The molecule has 2 heterocycles. The van der Waals surface area contributed by atoms with Crippen LogP contribution in [0.5, 0.6) is 17.2 Å². The van der Waals surface area contributed by atoms with E-state index in [9.17, 15) is 10.4 Å². The monoisotopic (exact) mass is 424 g/mol. The molecule has 5 nitrogen and oxygen atoms in total. The van der Waals surface area contributed by atoms with Crippen molar-refractivity contribution in [2.24, 2.45) is 0 Å². The lowest BCUT2D eigenvalue weighted by Gasteiger charge is -2.21. The van der Waals surface area contributed by atoms with E-state index in [1.54, 1.807) is 25.3 Å². The van der Waals surface area contributed by atoms with Crippen molar-refractivity contribution in [1.82, 2.24) is 4.98 Å². The zero-order chi connectivity index (χ0) is 21.4. The van der Waals surface area contributed by atoms with Crippen LogP contribution in [0.25, 0.3) is 27.1 Å². The molecule has 1 aromatic heterocycles. The van der Waals surface area contributed by atoms with Crippen molar-refractivity contribution in [3.05, 3.63) is 88.9 Å². The number of ether oxygens (including phenoxy) is 2. The molecule has 0 atom stereocenters. The number of nitriles is 1. The standard InChI is InChI=1S/C25H16N2O3S/c1-29-17-9-6-15(7-10-17)23-13-18(19-12-16(28)8-11-22(19)30-23)20(14-26)25-27-21-4-2-3-5-24(21)31-25/h2-13,28H,1H3/b20-18+. The van der Waals surface area contributed by atoms with E-state index in [-0.39, 0.29) is 5.75 Å². The summed E-state index contributed by atoms with van der Waals surface area (Å²) in [7, 11) is 1.62. The Kier molecular flexibility index (Phi) is 4.66. The van der Waals surface area contributed by atoms with Crippen molar-refractivity contribution in [3.63, 3.8) is 0 Å².